The van der Waals surface area contributed by atoms with E-state index in [1.54, 1.807) is 21.2 Å². The van der Waals surface area contributed by atoms with Crippen molar-refractivity contribution in [3.05, 3.63) is 29.8 Å². The number of methoxy groups -OCH3 is 1. The van der Waals surface area contributed by atoms with Crippen molar-refractivity contribution in [2.24, 2.45) is 10.9 Å². The Morgan fingerprint density at radius 2 is 2.04 bits per heavy atom. The molecule has 0 radical (unpaired) electrons. The van der Waals surface area contributed by atoms with Gasteiger partial charge in [-0.2, -0.15) is 0 Å². The van der Waals surface area contributed by atoms with Gasteiger partial charge in [-0.15, -0.1) is 0 Å². The van der Waals surface area contributed by atoms with Crippen molar-refractivity contribution < 1.29 is 14.3 Å². The van der Waals surface area contributed by atoms with Crippen LogP contribution in [-0.4, -0.2) is 64.2 Å². The molecule has 1 fully saturated rings. The van der Waals surface area contributed by atoms with E-state index < -0.39 is 0 Å². The lowest BCUT2D eigenvalue weighted by Crippen LogP contribution is -2.46. The summed E-state index contributed by atoms with van der Waals surface area (Å²) in [5.41, 5.74) is 1.04. The number of carbonyl (C=O) groups is 1. The van der Waals surface area contributed by atoms with Crippen molar-refractivity contribution in [1.82, 2.24) is 15.5 Å². The first-order valence-electron chi connectivity index (χ1n) is 9.53. The van der Waals surface area contributed by atoms with Gasteiger partial charge in [-0.05, 0) is 24.8 Å². The molecule has 1 heterocycles. The molecule has 1 amide bonds. The van der Waals surface area contributed by atoms with E-state index >= 15 is 0 Å². The summed E-state index contributed by atoms with van der Waals surface area (Å²) in [6.07, 6.45) is 2.64. The molecule has 1 aliphatic rings. The van der Waals surface area contributed by atoms with Crippen LogP contribution < -0.4 is 15.4 Å². The molecule has 0 aromatic heterocycles. The third-order valence-corrected chi connectivity index (χ3v) is 4.86. The number of carbonyl (C=O) groups excluding carboxylic acids is 1. The van der Waals surface area contributed by atoms with Crippen LogP contribution in [0.15, 0.2) is 29.3 Å². The Labute approximate surface area is 162 Å². The summed E-state index contributed by atoms with van der Waals surface area (Å²) in [5, 5.41) is 6.07. The number of para-hydroxylation sites is 1. The molecule has 0 aliphatic carbocycles. The Balaban J connectivity index is 1.67. The molecule has 1 aromatic carbocycles. The minimum absolute atomic E-state index is 0.128. The van der Waals surface area contributed by atoms with Crippen LogP contribution in [0.3, 0.4) is 0 Å². The van der Waals surface area contributed by atoms with Crippen molar-refractivity contribution >= 4 is 11.9 Å². The van der Waals surface area contributed by atoms with Crippen LogP contribution in [0.2, 0.25) is 0 Å². The van der Waals surface area contributed by atoms with Gasteiger partial charge < -0.3 is 25.0 Å². The van der Waals surface area contributed by atoms with Gasteiger partial charge in [0.05, 0.1) is 20.3 Å². The number of hydrogen-bond acceptors (Lipinski definition) is 4. The molecule has 0 unspecified atom stereocenters. The van der Waals surface area contributed by atoms with Crippen LogP contribution in [0.25, 0.3) is 0 Å². The van der Waals surface area contributed by atoms with Crippen LogP contribution >= 0.6 is 0 Å². The summed E-state index contributed by atoms with van der Waals surface area (Å²) in [6.45, 7) is 3.65. The summed E-state index contributed by atoms with van der Waals surface area (Å²) in [7, 11) is 5.16. The minimum atomic E-state index is 0.128. The molecule has 2 rings (SSSR count). The molecule has 27 heavy (non-hydrogen) atoms. The monoisotopic (exact) mass is 376 g/mol. The molecular weight excluding hydrogens is 344 g/mol. The molecular formula is C20H32N4O3. The highest BCUT2D eigenvalue weighted by molar-refractivity contribution is 5.80. The Kier molecular flexibility index (Phi) is 8.91. The molecule has 0 bridgehead atoms. The van der Waals surface area contributed by atoms with Crippen LogP contribution in [0.5, 0.6) is 5.75 Å². The number of amides is 1. The first kappa shape index (κ1) is 21.0. The summed E-state index contributed by atoms with van der Waals surface area (Å²) in [5.74, 6) is 2.34. The Morgan fingerprint density at radius 3 is 2.70 bits per heavy atom. The zero-order valence-corrected chi connectivity index (χ0v) is 16.7. The average Bonchev–Trinajstić information content (AvgIpc) is 2.71. The van der Waals surface area contributed by atoms with Crippen molar-refractivity contribution in [2.75, 3.05) is 47.4 Å². The molecule has 150 valence electrons. The van der Waals surface area contributed by atoms with Crippen molar-refractivity contribution in [3.63, 3.8) is 0 Å². The maximum atomic E-state index is 11.5. The molecule has 7 heteroatoms. The van der Waals surface area contributed by atoms with E-state index in [0.717, 1.165) is 43.2 Å². The zero-order chi connectivity index (χ0) is 19.5. The first-order valence-corrected chi connectivity index (χ1v) is 9.53. The highest BCUT2D eigenvalue weighted by Crippen LogP contribution is 2.20. The SMILES string of the molecule is CN=C(NCCOCc1ccccc1OC)N1CCC(CC(=O)NC)CC1. The number of piperidine rings is 1. The summed E-state index contributed by atoms with van der Waals surface area (Å²) in [4.78, 5) is 18.1. The Morgan fingerprint density at radius 1 is 1.30 bits per heavy atom. The van der Waals surface area contributed by atoms with E-state index in [9.17, 15) is 4.79 Å². The van der Waals surface area contributed by atoms with E-state index in [0.29, 0.717) is 32.1 Å². The van der Waals surface area contributed by atoms with Gasteiger partial charge >= 0.3 is 0 Å². The Bertz CT molecular complexity index is 613. The van der Waals surface area contributed by atoms with Gasteiger partial charge in [0, 0.05) is 45.7 Å². The lowest BCUT2D eigenvalue weighted by atomic mass is 9.93. The van der Waals surface area contributed by atoms with E-state index in [1.807, 2.05) is 24.3 Å². The normalized spacial score (nSPS) is 15.5. The molecule has 0 atom stereocenters. The zero-order valence-electron chi connectivity index (χ0n) is 16.7. The highest BCUT2D eigenvalue weighted by Gasteiger charge is 2.22. The molecule has 7 nitrogen and oxygen atoms in total. The fourth-order valence-corrected chi connectivity index (χ4v) is 3.28. The van der Waals surface area contributed by atoms with Gasteiger partial charge in [0.25, 0.3) is 0 Å². The van der Waals surface area contributed by atoms with Gasteiger partial charge in [-0.1, -0.05) is 18.2 Å². The van der Waals surface area contributed by atoms with E-state index in [2.05, 4.69) is 20.5 Å². The number of guanidine groups is 1. The molecule has 0 saturated carbocycles. The summed E-state index contributed by atoms with van der Waals surface area (Å²) in [6, 6.07) is 7.88. The predicted octanol–water partition coefficient (Wildman–Crippen LogP) is 1.64. The van der Waals surface area contributed by atoms with Crippen LogP contribution in [-0.2, 0) is 16.1 Å². The van der Waals surface area contributed by atoms with Gasteiger partial charge in [-0.3, -0.25) is 9.79 Å². The van der Waals surface area contributed by atoms with E-state index in [-0.39, 0.29) is 5.91 Å². The number of ether oxygens (including phenoxy) is 2. The maximum Gasteiger partial charge on any atom is 0.220 e. The third kappa shape index (κ3) is 6.75. The number of hydrogen-bond donors (Lipinski definition) is 2. The molecule has 1 aromatic rings. The van der Waals surface area contributed by atoms with Gasteiger partial charge in [-0.25, -0.2) is 0 Å². The number of aliphatic imine (C=N–C) groups is 1. The minimum Gasteiger partial charge on any atom is -0.496 e. The van der Waals surface area contributed by atoms with Crippen LogP contribution in [0.4, 0.5) is 0 Å². The van der Waals surface area contributed by atoms with E-state index in [1.165, 1.54) is 0 Å². The number of rotatable bonds is 8. The standard InChI is InChI=1S/C20H32N4O3/c1-21-19(25)14-16-8-11-24(12-9-16)20(22-2)23-10-13-27-15-17-6-4-5-7-18(17)26-3/h4-7,16H,8-15H2,1-3H3,(H,21,25)(H,22,23). The van der Waals surface area contributed by atoms with E-state index in [4.69, 9.17) is 9.47 Å². The number of likely N-dealkylation sites (tertiary alicyclic amines) is 1. The lowest BCUT2D eigenvalue weighted by molar-refractivity contribution is -0.121. The second-order valence-electron chi connectivity index (χ2n) is 6.65. The topological polar surface area (TPSA) is 75.2 Å². The van der Waals surface area contributed by atoms with Crippen molar-refractivity contribution in [3.8, 4) is 5.75 Å². The summed E-state index contributed by atoms with van der Waals surface area (Å²) < 4.78 is 11.1. The number of nitrogens with zero attached hydrogens (tertiary/aromatic N) is 2. The van der Waals surface area contributed by atoms with Crippen molar-refractivity contribution in [1.29, 1.82) is 0 Å². The smallest absolute Gasteiger partial charge is 0.220 e. The van der Waals surface area contributed by atoms with Gasteiger partial charge in [0.15, 0.2) is 5.96 Å². The second kappa shape index (κ2) is 11.4. The fourth-order valence-electron chi connectivity index (χ4n) is 3.28. The fraction of sp³-hybridized carbons (Fsp3) is 0.600. The largest absolute Gasteiger partial charge is 0.496 e. The first-order chi connectivity index (χ1) is 13.2. The molecule has 2 N–H and O–H groups in total. The lowest BCUT2D eigenvalue weighted by Gasteiger charge is -2.34. The molecule has 0 spiro atoms. The van der Waals surface area contributed by atoms with Crippen molar-refractivity contribution in [2.45, 2.75) is 25.9 Å². The molecule has 1 aliphatic heterocycles. The predicted molar refractivity (Wildman–Crippen MR) is 107 cm³/mol. The quantitative estimate of drug-likeness (QED) is 0.410. The highest BCUT2D eigenvalue weighted by atomic mass is 16.5. The van der Waals surface area contributed by atoms with Gasteiger partial charge in [0.2, 0.25) is 5.91 Å². The Hall–Kier alpha value is -2.28. The maximum absolute atomic E-state index is 11.5. The average molecular weight is 377 g/mol. The second-order valence-corrected chi connectivity index (χ2v) is 6.65. The number of benzene rings is 1. The number of nitrogens with one attached hydrogen (secondary N) is 2. The molecule has 1 saturated heterocycles. The van der Waals surface area contributed by atoms with Crippen LogP contribution in [0, 0.1) is 5.92 Å². The van der Waals surface area contributed by atoms with Crippen LogP contribution in [0.1, 0.15) is 24.8 Å². The third-order valence-electron chi connectivity index (χ3n) is 4.86. The van der Waals surface area contributed by atoms with Gasteiger partial charge in [0.1, 0.15) is 5.75 Å². The summed E-state index contributed by atoms with van der Waals surface area (Å²) >= 11 is 0.